The van der Waals surface area contributed by atoms with Crippen LogP contribution in [0.15, 0.2) is 0 Å². The molecule has 2 aliphatic heterocycles. The molecule has 0 aromatic carbocycles. The number of nitrogens with zero attached hydrogens (tertiary/aromatic N) is 1. The van der Waals surface area contributed by atoms with Gasteiger partial charge in [-0.2, -0.15) is 0 Å². The zero-order valence-corrected chi connectivity index (χ0v) is 9.16. The average Bonchev–Trinajstić information content (AvgIpc) is 2.72. The maximum absolute atomic E-state index is 5.75. The van der Waals surface area contributed by atoms with Crippen LogP contribution in [0.5, 0.6) is 0 Å². The zero-order chi connectivity index (χ0) is 9.97. The fourth-order valence-corrected chi connectivity index (χ4v) is 2.27. The third-order valence-corrected chi connectivity index (χ3v) is 2.94. The Hall–Kier alpha value is -0.120. The predicted molar refractivity (Wildman–Crippen MR) is 54.4 cm³/mol. The second-order valence-corrected chi connectivity index (χ2v) is 4.08. The highest BCUT2D eigenvalue weighted by Crippen LogP contribution is 2.35. The molecule has 0 spiro atoms. The van der Waals surface area contributed by atoms with Crippen LogP contribution in [0.4, 0.5) is 0 Å². The summed E-state index contributed by atoms with van der Waals surface area (Å²) in [6, 6.07) is 1.35. The van der Waals surface area contributed by atoms with E-state index in [-0.39, 0.29) is 12.5 Å². The second kappa shape index (κ2) is 4.60. The van der Waals surface area contributed by atoms with Crippen LogP contribution < -0.4 is 0 Å². The Labute approximate surface area is 86.4 Å². The summed E-state index contributed by atoms with van der Waals surface area (Å²) in [4.78, 5) is 2.37. The Balaban J connectivity index is 1.96. The molecule has 2 unspecified atom stereocenters. The van der Waals surface area contributed by atoms with Crippen molar-refractivity contribution in [3.8, 4) is 0 Å². The molecule has 14 heavy (non-hydrogen) atoms. The SMILES string of the molecule is CCCC1OC[C]2COC(CCC)N21. The summed E-state index contributed by atoms with van der Waals surface area (Å²) in [5.41, 5.74) is 0. The molecule has 2 saturated heterocycles. The summed E-state index contributed by atoms with van der Waals surface area (Å²) in [5, 5.41) is 0. The summed E-state index contributed by atoms with van der Waals surface area (Å²) in [6.07, 6.45) is 5.16. The smallest absolute Gasteiger partial charge is 0.113 e. The average molecular weight is 198 g/mol. The summed E-state index contributed by atoms with van der Waals surface area (Å²) < 4.78 is 11.5. The molecule has 0 aromatic heterocycles. The van der Waals surface area contributed by atoms with E-state index in [1.165, 1.54) is 18.9 Å². The third kappa shape index (κ3) is 1.81. The molecule has 0 N–H and O–H groups in total. The standard InChI is InChI=1S/C11H20NO2/c1-3-5-10-12-9(7-13-10)8-14-11(12)6-4-2/h10-11H,3-8H2,1-2H3. The summed E-state index contributed by atoms with van der Waals surface area (Å²) in [7, 11) is 0. The van der Waals surface area contributed by atoms with Gasteiger partial charge in [0.05, 0.1) is 19.3 Å². The van der Waals surface area contributed by atoms with Crippen molar-refractivity contribution in [2.24, 2.45) is 0 Å². The molecule has 0 aliphatic carbocycles. The molecule has 81 valence electrons. The number of hydrogen-bond acceptors (Lipinski definition) is 3. The third-order valence-electron chi connectivity index (χ3n) is 2.94. The minimum Gasteiger partial charge on any atom is -0.361 e. The van der Waals surface area contributed by atoms with Crippen LogP contribution in [-0.4, -0.2) is 30.6 Å². The van der Waals surface area contributed by atoms with Crippen LogP contribution in [0, 0.1) is 6.04 Å². The Bertz CT molecular complexity index is 164. The van der Waals surface area contributed by atoms with Crippen molar-refractivity contribution in [1.82, 2.24) is 4.90 Å². The fraction of sp³-hybridized carbons (Fsp3) is 0.909. The van der Waals surface area contributed by atoms with Crippen LogP contribution in [0.1, 0.15) is 39.5 Å². The van der Waals surface area contributed by atoms with Gasteiger partial charge in [0.2, 0.25) is 0 Å². The van der Waals surface area contributed by atoms with Crippen LogP contribution >= 0.6 is 0 Å². The molecule has 3 heteroatoms. The van der Waals surface area contributed by atoms with Crippen LogP contribution in [-0.2, 0) is 9.47 Å². The van der Waals surface area contributed by atoms with Gasteiger partial charge in [-0.25, -0.2) is 4.90 Å². The lowest BCUT2D eigenvalue weighted by atomic mass is 10.2. The largest absolute Gasteiger partial charge is 0.361 e. The number of ether oxygens (including phenoxy) is 2. The van der Waals surface area contributed by atoms with Gasteiger partial charge in [0.15, 0.2) is 0 Å². The highest BCUT2D eigenvalue weighted by Gasteiger charge is 2.44. The predicted octanol–water partition coefficient (Wildman–Crippen LogP) is 2.13. The van der Waals surface area contributed by atoms with E-state index in [1.807, 2.05) is 0 Å². The highest BCUT2D eigenvalue weighted by molar-refractivity contribution is 5.02. The lowest BCUT2D eigenvalue weighted by Gasteiger charge is -2.26. The van der Waals surface area contributed by atoms with Gasteiger partial charge in [-0.05, 0) is 12.8 Å². The Morgan fingerprint density at radius 1 is 1.07 bits per heavy atom. The van der Waals surface area contributed by atoms with Crippen molar-refractivity contribution < 1.29 is 9.47 Å². The lowest BCUT2D eigenvalue weighted by Crippen LogP contribution is -2.36. The molecule has 2 rings (SSSR count). The van der Waals surface area contributed by atoms with E-state index in [1.54, 1.807) is 0 Å². The number of fused-ring (bicyclic) bond motifs is 1. The summed E-state index contributed by atoms with van der Waals surface area (Å²) in [6.45, 7) is 5.97. The lowest BCUT2D eigenvalue weighted by molar-refractivity contribution is -0.0619. The van der Waals surface area contributed by atoms with E-state index in [0.29, 0.717) is 0 Å². The summed E-state index contributed by atoms with van der Waals surface area (Å²) >= 11 is 0. The molecule has 3 nitrogen and oxygen atoms in total. The zero-order valence-electron chi connectivity index (χ0n) is 9.16. The fourth-order valence-electron chi connectivity index (χ4n) is 2.27. The minimum atomic E-state index is 0.286. The monoisotopic (exact) mass is 198 g/mol. The van der Waals surface area contributed by atoms with E-state index in [4.69, 9.17) is 9.47 Å². The normalized spacial score (nSPS) is 33.9. The Morgan fingerprint density at radius 3 is 2.00 bits per heavy atom. The molecule has 2 fully saturated rings. The molecule has 0 bridgehead atoms. The first kappa shape index (κ1) is 10.4. The van der Waals surface area contributed by atoms with Crippen LogP contribution in [0.2, 0.25) is 0 Å². The summed E-state index contributed by atoms with van der Waals surface area (Å²) in [5.74, 6) is 0. The number of rotatable bonds is 4. The second-order valence-electron chi connectivity index (χ2n) is 4.08. The van der Waals surface area contributed by atoms with Gasteiger partial charge in [0.1, 0.15) is 12.5 Å². The van der Waals surface area contributed by atoms with E-state index in [2.05, 4.69) is 18.7 Å². The van der Waals surface area contributed by atoms with Gasteiger partial charge < -0.3 is 9.47 Å². The van der Waals surface area contributed by atoms with Gasteiger partial charge in [-0.3, -0.25) is 0 Å². The molecule has 0 aromatic rings. The quantitative estimate of drug-likeness (QED) is 0.690. The van der Waals surface area contributed by atoms with Gasteiger partial charge >= 0.3 is 0 Å². The number of hydrogen-bond donors (Lipinski definition) is 0. The first-order valence-corrected chi connectivity index (χ1v) is 5.73. The topological polar surface area (TPSA) is 21.7 Å². The van der Waals surface area contributed by atoms with Gasteiger partial charge in [0.25, 0.3) is 0 Å². The van der Waals surface area contributed by atoms with Gasteiger partial charge in [0, 0.05) is 0 Å². The van der Waals surface area contributed by atoms with E-state index < -0.39 is 0 Å². The van der Waals surface area contributed by atoms with Crippen molar-refractivity contribution >= 4 is 0 Å². The first-order valence-electron chi connectivity index (χ1n) is 5.73. The molecular formula is C11H20NO2. The molecule has 2 heterocycles. The molecule has 0 amide bonds. The van der Waals surface area contributed by atoms with Gasteiger partial charge in [-0.15, -0.1) is 0 Å². The highest BCUT2D eigenvalue weighted by atomic mass is 16.6. The molecule has 2 atom stereocenters. The van der Waals surface area contributed by atoms with E-state index in [0.717, 1.165) is 26.1 Å². The Morgan fingerprint density at radius 2 is 1.57 bits per heavy atom. The van der Waals surface area contributed by atoms with Crippen molar-refractivity contribution in [3.05, 3.63) is 6.04 Å². The molecule has 0 saturated carbocycles. The van der Waals surface area contributed by atoms with E-state index in [9.17, 15) is 0 Å². The molecular weight excluding hydrogens is 178 g/mol. The van der Waals surface area contributed by atoms with E-state index >= 15 is 0 Å². The van der Waals surface area contributed by atoms with Crippen molar-refractivity contribution in [1.29, 1.82) is 0 Å². The van der Waals surface area contributed by atoms with Crippen molar-refractivity contribution in [2.75, 3.05) is 13.2 Å². The van der Waals surface area contributed by atoms with Gasteiger partial charge in [-0.1, -0.05) is 26.7 Å². The molecule has 1 radical (unpaired) electrons. The Kier molecular flexibility index (Phi) is 3.42. The maximum Gasteiger partial charge on any atom is 0.113 e. The van der Waals surface area contributed by atoms with Crippen LogP contribution in [0.3, 0.4) is 0 Å². The van der Waals surface area contributed by atoms with Crippen molar-refractivity contribution in [3.63, 3.8) is 0 Å². The minimum absolute atomic E-state index is 0.286. The van der Waals surface area contributed by atoms with Crippen LogP contribution in [0.25, 0.3) is 0 Å². The molecule has 2 aliphatic rings. The first-order chi connectivity index (χ1) is 6.86. The van der Waals surface area contributed by atoms with Crippen molar-refractivity contribution in [2.45, 2.75) is 52.0 Å². The maximum atomic E-state index is 5.75.